The maximum absolute atomic E-state index is 5.66. The van der Waals surface area contributed by atoms with Gasteiger partial charge in [0.2, 0.25) is 0 Å². The summed E-state index contributed by atoms with van der Waals surface area (Å²) in [6.45, 7) is 2.25. The van der Waals surface area contributed by atoms with E-state index < -0.39 is 5.97 Å². The van der Waals surface area contributed by atoms with Crippen LogP contribution in [-0.4, -0.2) is 27.3 Å². The Balaban J connectivity index is 2.68. The van der Waals surface area contributed by atoms with E-state index in [2.05, 4.69) is 53.8 Å². The highest BCUT2D eigenvalue weighted by atomic mass is 127. The van der Waals surface area contributed by atoms with Gasteiger partial charge in [-0.1, -0.05) is 85.9 Å². The van der Waals surface area contributed by atoms with Crippen LogP contribution in [0, 0.1) is 5.92 Å². The zero-order valence-electron chi connectivity index (χ0n) is 16.4. The molecule has 25 heavy (non-hydrogen) atoms. The topological polar surface area (TPSA) is 27.7 Å². The number of hydrogen-bond acceptors (Lipinski definition) is 3. The lowest BCUT2D eigenvalue weighted by molar-refractivity contribution is -0.380. The fourth-order valence-corrected chi connectivity index (χ4v) is 3.89. The normalized spacial score (nSPS) is 13.2. The van der Waals surface area contributed by atoms with Crippen LogP contribution < -0.4 is 0 Å². The zero-order valence-corrected chi connectivity index (χ0v) is 18.5. The van der Waals surface area contributed by atoms with Crippen molar-refractivity contribution in [2.45, 2.75) is 68.7 Å². The van der Waals surface area contributed by atoms with Crippen LogP contribution in [0.1, 0.15) is 63.0 Å². The molecule has 0 saturated heterocycles. The molecule has 4 heteroatoms. The fraction of sp³-hybridized carbons (Fsp3) is 0.714. The lowest BCUT2D eigenvalue weighted by atomic mass is 9.91. The number of unbranched alkanes of at least 4 members (excludes halogenated alkanes) is 4. The van der Waals surface area contributed by atoms with Gasteiger partial charge in [0.25, 0.3) is 5.97 Å². The van der Waals surface area contributed by atoms with E-state index in [1.165, 1.54) is 43.2 Å². The molecule has 1 rings (SSSR count). The molecule has 0 amide bonds. The van der Waals surface area contributed by atoms with E-state index in [9.17, 15) is 0 Å². The molecule has 1 aromatic carbocycles. The molecule has 0 fully saturated rings. The van der Waals surface area contributed by atoms with Crippen molar-refractivity contribution in [3.05, 3.63) is 35.4 Å². The summed E-state index contributed by atoms with van der Waals surface area (Å²) < 4.78 is 18.0. The molecule has 0 N–H and O–H groups in total. The highest BCUT2D eigenvalue weighted by Gasteiger charge is 2.39. The lowest BCUT2D eigenvalue weighted by Crippen LogP contribution is -2.44. The summed E-state index contributed by atoms with van der Waals surface area (Å²) in [6.07, 6.45) is 9.42. The number of alkyl halides is 1. The number of rotatable bonds is 14. The van der Waals surface area contributed by atoms with Gasteiger partial charge < -0.3 is 14.2 Å². The number of hydrogen-bond donors (Lipinski definition) is 0. The number of ether oxygens (including phenoxy) is 3. The summed E-state index contributed by atoms with van der Waals surface area (Å²) in [4.78, 5) is 0. The van der Waals surface area contributed by atoms with Crippen molar-refractivity contribution in [3.63, 3.8) is 0 Å². The van der Waals surface area contributed by atoms with Crippen molar-refractivity contribution in [2.24, 2.45) is 5.92 Å². The minimum atomic E-state index is -0.938. The smallest absolute Gasteiger partial charge is 0.285 e. The van der Waals surface area contributed by atoms with Gasteiger partial charge >= 0.3 is 0 Å². The molecule has 0 radical (unpaired) electrons. The van der Waals surface area contributed by atoms with Gasteiger partial charge in [-0.05, 0) is 30.4 Å². The van der Waals surface area contributed by atoms with Gasteiger partial charge in [0.15, 0.2) is 0 Å². The first-order valence-corrected chi connectivity index (χ1v) is 11.0. The van der Waals surface area contributed by atoms with Crippen LogP contribution in [0.25, 0.3) is 0 Å². The van der Waals surface area contributed by atoms with E-state index in [0.717, 1.165) is 23.7 Å². The molecule has 0 aliphatic rings. The number of aryl methyl sites for hydroxylation is 1. The first kappa shape index (κ1) is 22.9. The maximum Gasteiger partial charge on any atom is 0.285 e. The van der Waals surface area contributed by atoms with Crippen LogP contribution >= 0.6 is 22.6 Å². The van der Waals surface area contributed by atoms with Crippen molar-refractivity contribution in [2.75, 3.05) is 21.3 Å². The largest absolute Gasteiger partial charge is 0.331 e. The van der Waals surface area contributed by atoms with E-state index in [1.54, 1.807) is 21.3 Å². The zero-order chi connectivity index (χ0) is 18.5. The number of halogens is 1. The number of benzene rings is 1. The highest BCUT2D eigenvalue weighted by Crippen LogP contribution is 2.32. The molecular formula is C21H35IO3. The van der Waals surface area contributed by atoms with Gasteiger partial charge in [-0.3, -0.25) is 0 Å². The van der Waals surface area contributed by atoms with Crippen LogP contribution in [0.15, 0.2) is 24.3 Å². The molecule has 0 bridgehead atoms. The Morgan fingerprint density at radius 1 is 0.840 bits per heavy atom. The van der Waals surface area contributed by atoms with E-state index in [-0.39, 0.29) is 5.92 Å². The third kappa shape index (κ3) is 7.53. The molecule has 3 nitrogen and oxygen atoms in total. The molecule has 0 spiro atoms. The Hall–Kier alpha value is -0.170. The van der Waals surface area contributed by atoms with Gasteiger partial charge in [0, 0.05) is 31.7 Å². The highest BCUT2D eigenvalue weighted by molar-refractivity contribution is 14.1. The SMILES string of the molecule is CCCCCCCC(CCc1ccc(CI)cc1)C(OC)(OC)OC. The molecule has 144 valence electrons. The number of methoxy groups -OCH3 is 3. The van der Waals surface area contributed by atoms with Crippen molar-refractivity contribution in [1.29, 1.82) is 0 Å². The Morgan fingerprint density at radius 2 is 1.40 bits per heavy atom. The van der Waals surface area contributed by atoms with E-state index in [4.69, 9.17) is 14.2 Å². The van der Waals surface area contributed by atoms with Gasteiger partial charge in [0.1, 0.15) is 0 Å². The van der Waals surface area contributed by atoms with Crippen molar-refractivity contribution >= 4 is 22.6 Å². The van der Waals surface area contributed by atoms with Gasteiger partial charge in [-0.15, -0.1) is 0 Å². The Kier molecular flexibility index (Phi) is 12.0. The van der Waals surface area contributed by atoms with Crippen LogP contribution in [0.3, 0.4) is 0 Å². The summed E-state index contributed by atoms with van der Waals surface area (Å²) in [7, 11) is 5.02. The molecule has 0 heterocycles. The van der Waals surface area contributed by atoms with Crippen LogP contribution in [0.2, 0.25) is 0 Å². The minimum Gasteiger partial charge on any atom is -0.331 e. The molecular weight excluding hydrogens is 427 g/mol. The average Bonchev–Trinajstić information content (AvgIpc) is 2.67. The fourth-order valence-electron chi connectivity index (χ4n) is 3.38. The van der Waals surface area contributed by atoms with Gasteiger partial charge in [-0.25, -0.2) is 0 Å². The summed E-state index contributed by atoms with van der Waals surface area (Å²) >= 11 is 2.40. The maximum atomic E-state index is 5.66. The predicted molar refractivity (Wildman–Crippen MR) is 113 cm³/mol. The third-order valence-corrected chi connectivity index (χ3v) is 5.85. The first-order chi connectivity index (χ1) is 12.2. The van der Waals surface area contributed by atoms with Gasteiger partial charge in [-0.2, -0.15) is 0 Å². The van der Waals surface area contributed by atoms with Gasteiger partial charge in [0.05, 0.1) is 0 Å². The third-order valence-electron chi connectivity index (χ3n) is 4.97. The molecule has 0 aromatic heterocycles. The Bertz CT molecular complexity index is 435. The summed E-state index contributed by atoms with van der Waals surface area (Å²) in [5, 5.41) is 0. The summed E-state index contributed by atoms with van der Waals surface area (Å²) in [6, 6.07) is 8.91. The molecule has 1 unspecified atom stereocenters. The van der Waals surface area contributed by atoms with Crippen molar-refractivity contribution in [3.8, 4) is 0 Å². The predicted octanol–water partition coefficient (Wildman–Crippen LogP) is 6.12. The van der Waals surface area contributed by atoms with Crippen LogP contribution in [0.5, 0.6) is 0 Å². The molecule has 0 aliphatic carbocycles. The first-order valence-electron chi connectivity index (χ1n) is 9.45. The monoisotopic (exact) mass is 462 g/mol. The second-order valence-electron chi connectivity index (χ2n) is 6.60. The van der Waals surface area contributed by atoms with Crippen molar-refractivity contribution in [1.82, 2.24) is 0 Å². The minimum absolute atomic E-state index is 0.221. The average molecular weight is 462 g/mol. The lowest BCUT2D eigenvalue weighted by Gasteiger charge is -2.36. The standard InChI is InChI=1S/C21H35IO3/c1-5-6-7-8-9-10-20(21(23-2,24-3)25-4)16-15-18-11-13-19(17-22)14-12-18/h11-14,20H,5-10,15-17H2,1-4H3. The van der Waals surface area contributed by atoms with Crippen LogP contribution in [-0.2, 0) is 25.1 Å². The summed E-state index contributed by atoms with van der Waals surface area (Å²) in [5.74, 6) is -0.717. The molecule has 0 aliphatic heterocycles. The van der Waals surface area contributed by atoms with E-state index in [1.807, 2.05) is 0 Å². The molecule has 1 aromatic rings. The quantitative estimate of drug-likeness (QED) is 0.144. The second kappa shape index (κ2) is 13.1. The second-order valence-corrected chi connectivity index (χ2v) is 7.37. The summed E-state index contributed by atoms with van der Waals surface area (Å²) in [5.41, 5.74) is 2.73. The van der Waals surface area contributed by atoms with Crippen molar-refractivity contribution < 1.29 is 14.2 Å². The Morgan fingerprint density at radius 3 is 1.92 bits per heavy atom. The van der Waals surface area contributed by atoms with Crippen LogP contribution in [0.4, 0.5) is 0 Å². The van der Waals surface area contributed by atoms with E-state index >= 15 is 0 Å². The molecule has 0 saturated carbocycles. The molecule has 1 atom stereocenters. The Labute approximate surface area is 168 Å². The van der Waals surface area contributed by atoms with E-state index in [0.29, 0.717) is 0 Å².